The highest BCUT2D eigenvalue weighted by molar-refractivity contribution is 9.10. The van der Waals surface area contributed by atoms with Crippen LogP contribution >= 0.6 is 15.9 Å². The first kappa shape index (κ1) is 17.7. The number of nitrogens with one attached hydrogen (secondary N) is 1. The Morgan fingerprint density at radius 1 is 1.21 bits per heavy atom. The fourth-order valence-corrected chi connectivity index (χ4v) is 2.17. The SMILES string of the molecule is COC(=O)c1ccc(OCC(=O)N/N=C\c2cccc(Br)c2)cc1. The van der Waals surface area contributed by atoms with Crippen molar-refractivity contribution in [3.8, 4) is 5.75 Å². The van der Waals surface area contributed by atoms with Crippen molar-refractivity contribution in [2.75, 3.05) is 13.7 Å². The molecule has 0 bridgehead atoms. The number of hydrogen-bond acceptors (Lipinski definition) is 5. The summed E-state index contributed by atoms with van der Waals surface area (Å²) < 4.78 is 10.8. The maximum absolute atomic E-state index is 11.7. The molecule has 0 aliphatic heterocycles. The molecule has 0 fully saturated rings. The highest BCUT2D eigenvalue weighted by atomic mass is 79.9. The summed E-state index contributed by atoms with van der Waals surface area (Å²) in [5.74, 6) is -0.353. The van der Waals surface area contributed by atoms with Crippen LogP contribution in [0.15, 0.2) is 58.1 Å². The second kappa shape index (κ2) is 8.83. The number of halogens is 1. The summed E-state index contributed by atoms with van der Waals surface area (Å²) in [5.41, 5.74) is 3.64. The maximum Gasteiger partial charge on any atom is 0.337 e. The molecule has 2 aromatic carbocycles. The third-order valence-electron chi connectivity index (χ3n) is 2.90. The monoisotopic (exact) mass is 390 g/mol. The average molecular weight is 391 g/mol. The minimum absolute atomic E-state index is 0.187. The molecule has 0 radical (unpaired) electrons. The van der Waals surface area contributed by atoms with Crippen molar-refractivity contribution < 1.29 is 19.1 Å². The van der Waals surface area contributed by atoms with E-state index in [9.17, 15) is 9.59 Å². The van der Waals surface area contributed by atoms with Gasteiger partial charge in [0.25, 0.3) is 5.91 Å². The van der Waals surface area contributed by atoms with E-state index < -0.39 is 11.9 Å². The van der Waals surface area contributed by atoms with E-state index in [1.165, 1.54) is 13.3 Å². The van der Waals surface area contributed by atoms with Crippen LogP contribution < -0.4 is 10.2 Å². The molecule has 0 saturated carbocycles. The molecule has 0 unspecified atom stereocenters. The van der Waals surface area contributed by atoms with Crippen molar-refractivity contribution in [1.29, 1.82) is 0 Å². The van der Waals surface area contributed by atoms with Crippen LogP contribution in [0.2, 0.25) is 0 Å². The molecule has 0 atom stereocenters. The lowest BCUT2D eigenvalue weighted by Crippen LogP contribution is -2.24. The van der Waals surface area contributed by atoms with E-state index in [-0.39, 0.29) is 6.61 Å². The number of methoxy groups -OCH3 is 1. The fourth-order valence-electron chi connectivity index (χ4n) is 1.75. The van der Waals surface area contributed by atoms with Crippen LogP contribution in [-0.2, 0) is 9.53 Å². The maximum atomic E-state index is 11.7. The lowest BCUT2D eigenvalue weighted by molar-refractivity contribution is -0.123. The molecule has 1 amide bonds. The van der Waals surface area contributed by atoms with Gasteiger partial charge in [0.2, 0.25) is 0 Å². The summed E-state index contributed by atoms with van der Waals surface area (Å²) in [6.07, 6.45) is 1.54. The minimum atomic E-state index is -0.429. The number of amides is 1. The summed E-state index contributed by atoms with van der Waals surface area (Å²) in [5, 5.41) is 3.86. The van der Waals surface area contributed by atoms with E-state index in [2.05, 4.69) is 31.2 Å². The summed E-state index contributed by atoms with van der Waals surface area (Å²) in [7, 11) is 1.31. The van der Waals surface area contributed by atoms with Gasteiger partial charge in [-0.15, -0.1) is 0 Å². The van der Waals surface area contributed by atoms with E-state index in [1.807, 2.05) is 24.3 Å². The van der Waals surface area contributed by atoms with Crippen molar-refractivity contribution >= 4 is 34.0 Å². The molecule has 0 aliphatic rings. The molecule has 0 saturated heterocycles. The van der Waals surface area contributed by atoms with Crippen LogP contribution in [0, 0.1) is 0 Å². The largest absolute Gasteiger partial charge is 0.484 e. The zero-order valence-corrected chi connectivity index (χ0v) is 14.4. The number of hydrazone groups is 1. The van der Waals surface area contributed by atoms with Crippen LogP contribution in [0.1, 0.15) is 15.9 Å². The zero-order valence-electron chi connectivity index (χ0n) is 12.9. The van der Waals surface area contributed by atoms with Crippen molar-refractivity contribution in [3.63, 3.8) is 0 Å². The van der Waals surface area contributed by atoms with E-state index >= 15 is 0 Å². The quantitative estimate of drug-likeness (QED) is 0.467. The van der Waals surface area contributed by atoms with Gasteiger partial charge in [0, 0.05) is 4.47 Å². The number of rotatable bonds is 6. The van der Waals surface area contributed by atoms with E-state index in [0.29, 0.717) is 11.3 Å². The summed E-state index contributed by atoms with van der Waals surface area (Å²) in [4.78, 5) is 23.0. The number of benzene rings is 2. The standard InChI is InChI=1S/C17H15BrN2O4/c1-23-17(22)13-5-7-15(8-6-13)24-11-16(21)20-19-10-12-3-2-4-14(18)9-12/h2-10H,11H2,1H3,(H,20,21)/b19-10-. The lowest BCUT2D eigenvalue weighted by atomic mass is 10.2. The van der Waals surface area contributed by atoms with E-state index in [0.717, 1.165) is 10.0 Å². The Labute approximate surface area is 147 Å². The van der Waals surface area contributed by atoms with Gasteiger partial charge in [-0.05, 0) is 42.0 Å². The number of nitrogens with zero attached hydrogens (tertiary/aromatic N) is 1. The molecule has 6 nitrogen and oxygen atoms in total. The third-order valence-corrected chi connectivity index (χ3v) is 3.39. The van der Waals surface area contributed by atoms with Gasteiger partial charge in [0.05, 0.1) is 18.9 Å². The molecule has 124 valence electrons. The Hall–Kier alpha value is -2.67. The number of carbonyl (C=O) groups is 2. The number of esters is 1. The predicted molar refractivity (Wildman–Crippen MR) is 93.2 cm³/mol. The van der Waals surface area contributed by atoms with Crippen LogP contribution in [-0.4, -0.2) is 31.8 Å². The van der Waals surface area contributed by atoms with Crippen molar-refractivity contribution in [3.05, 3.63) is 64.1 Å². The Morgan fingerprint density at radius 3 is 2.62 bits per heavy atom. The zero-order chi connectivity index (χ0) is 17.4. The van der Waals surface area contributed by atoms with Gasteiger partial charge in [-0.25, -0.2) is 10.2 Å². The summed E-state index contributed by atoms with van der Waals surface area (Å²) in [6, 6.07) is 13.8. The van der Waals surface area contributed by atoms with Gasteiger partial charge in [0.1, 0.15) is 5.75 Å². The second-order valence-corrected chi connectivity index (χ2v) is 5.57. The van der Waals surface area contributed by atoms with Gasteiger partial charge in [-0.1, -0.05) is 28.1 Å². The van der Waals surface area contributed by atoms with Crippen molar-refractivity contribution in [1.82, 2.24) is 5.43 Å². The fraction of sp³-hybridized carbons (Fsp3) is 0.118. The third kappa shape index (κ3) is 5.51. The molecule has 0 aliphatic carbocycles. The van der Waals surface area contributed by atoms with Gasteiger partial charge in [0.15, 0.2) is 6.61 Å². The van der Waals surface area contributed by atoms with Crippen LogP contribution in [0.3, 0.4) is 0 Å². The smallest absolute Gasteiger partial charge is 0.337 e. The van der Waals surface area contributed by atoms with Crippen LogP contribution in [0.5, 0.6) is 5.75 Å². The molecular formula is C17H15BrN2O4. The Balaban J connectivity index is 1.79. The first-order chi connectivity index (χ1) is 11.6. The molecule has 2 rings (SSSR count). The number of carbonyl (C=O) groups excluding carboxylic acids is 2. The molecule has 1 N–H and O–H groups in total. The summed E-state index contributed by atoms with van der Waals surface area (Å²) in [6.45, 7) is -0.187. The van der Waals surface area contributed by atoms with Crippen LogP contribution in [0.4, 0.5) is 0 Å². The highest BCUT2D eigenvalue weighted by Gasteiger charge is 2.06. The molecule has 2 aromatic rings. The first-order valence-electron chi connectivity index (χ1n) is 6.97. The van der Waals surface area contributed by atoms with Gasteiger partial charge in [-0.3, -0.25) is 4.79 Å². The van der Waals surface area contributed by atoms with Gasteiger partial charge < -0.3 is 9.47 Å². The topological polar surface area (TPSA) is 77.0 Å². The molecule has 7 heteroatoms. The number of ether oxygens (including phenoxy) is 2. The van der Waals surface area contributed by atoms with Gasteiger partial charge >= 0.3 is 5.97 Å². The highest BCUT2D eigenvalue weighted by Crippen LogP contribution is 2.12. The average Bonchev–Trinajstić information content (AvgIpc) is 2.60. The van der Waals surface area contributed by atoms with E-state index in [4.69, 9.17) is 4.74 Å². The molecule has 0 aromatic heterocycles. The second-order valence-electron chi connectivity index (χ2n) is 4.65. The Bertz CT molecular complexity index is 745. The first-order valence-corrected chi connectivity index (χ1v) is 7.76. The number of hydrogen-bond donors (Lipinski definition) is 1. The molecule has 0 heterocycles. The van der Waals surface area contributed by atoms with E-state index in [1.54, 1.807) is 24.3 Å². The Morgan fingerprint density at radius 2 is 1.96 bits per heavy atom. The lowest BCUT2D eigenvalue weighted by Gasteiger charge is -2.05. The van der Waals surface area contributed by atoms with Crippen molar-refractivity contribution in [2.45, 2.75) is 0 Å². The van der Waals surface area contributed by atoms with Crippen molar-refractivity contribution in [2.24, 2.45) is 5.10 Å². The normalized spacial score (nSPS) is 10.4. The molecular weight excluding hydrogens is 376 g/mol. The van der Waals surface area contributed by atoms with Gasteiger partial charge in [-0.2, -0.15) is 5.10 Å². The molecule has 24 heavy (non-hydrogen) atoms. The minimum Gasteiger partial charge on any atom is -0.484 e. The summed E-state index contributed by atoms with van der Waals surface area (Å²) >= 11 is 3.35. The predicted octanol–water partition coefficient (Wildman–Crippen LogP) is 2.76. The Kier molecular flexibility index (Phi) is 6.51. The van der Waals surface area contributed by atoms with Crippen LogP contribution in [0.25, 0.3) is 0 Å². The molecule has 0 spiro atoms.